The van der Waals surface area contributed by atoms with Crippen LogP contribution in [0.15, 0.2) is 36.0 Å². The second-order valence-corrected chi connectivity index (χ2v) is 6.00. The van der Waals surface area contributed by atoms with Crippen molar-refractivity contribution in [1.29, 1.82) is 0 Å². The number of ether oxygens (including phenoxy) is 1. The second kappa shape index (κ2) is 4.88. The third-order valence-electron chi connectivity index (χ3n) is 2.58. The highest BCUT2D eigenvalue weighted by atomic mass is 32.1. The van der Waals surface area contributed by atoms with Gasteiger partial charge in [-0.05, 0) is 23.1 Å². The fraction of sp³-hybridized carbons (Fsp3) is 0.357. The highest BCUT2D eigenvalue weighted by Crippen LogP contribution is 2.24. The standard InChI is InChI=1S/C14H17NOS/c1-14(2,3)11-4-6-12(7-5-11)16-9-13-8-15-10-17-13/h4-8,10H,9H2,1-3H3. The minimum Gasteiger partial charge on any atom is -0.488 e. The zero-order valence-electron chi connectivity index (χ0n) is 10.4. The molecule has 0 aliphatic heterocycles. The molecule has 3 heteroatoms. The number of hydrogen-bond acceptors (Lipinski definition) is 3. The number of aromatic nitrogens is 1. The average molecular weight is 247 g/mol. The van der Waals surface area contributed by atoms with Crippen molar-refractivity contribution >= 4 is 11.3 Å². The molecule has 0 atom stereocenters. The summed E-state index contributed by atoms with van der Waals surface area (Å²) in [6, 6.07) is 8.31. The molecule has 2 aromatic rings. The Hall–Kier alpha value is -1.35. The molecule has 0 fully saturated rings. The number of rotatable bonds is 3. The van der Waals surface area contributed by atoms with E-state index >= 15 is 0 Å². The molecule has 0 bridgehead atoms. The maximum absolute atomic E-state index is 5.69. The van der Waals surface area contributed by atoms with Crippen LogP contribution in [0.3, 0.4) is 0 Å². The van der Waals surface area contributed by atoms with Crippen LogP contribution in [0.5, 0.6) is 5.75 Å². The molecule has 0 saturated carbocycles. The van der Waals surface area contributed by atoms with Crippen molar-refractivity contribution in [3.63, 3.8) is 0 Å². The van der Waals surface area contributed by atoms with Crippen LogP contribution < -0.4 is 4.74 Å². The quantitative estimate of drug-likeness (QED) is 0.817. The Labute approximate surface area is 106 Å². The van der Waals surface area contributed by atoms with Crippen molar-refractivity contribution < 1.29 is 4.74 Å². The van der Waals surface area contributed by atoms with Crippen LogP contribution in [0, 0.1) is 0 Å². The lowest BCUT2D eigenvalue weighted by Crippen LogP contribution is -2.10. The van der Waals surface area contributed by atoms with E-state index in [0.717, 1.165) is 10.6 Å². The van der Waals surface area contributed by atoms with E-state index in [2.05, 4.69) is 37.9 Å². The normalized spacial score (nSPS) is 11.5. The molecule has 0 saturated heterocycles. The van der Waals surface area contributed by atoms with Gasteiger partial charge in [0.05, 0.1) is 10.4 Å². The topological polar surface area (TPSA) is 22.1 Å². The molecule has 17 heavy (non-hydrogen) atoms. The van der Waals surface area contributed by atoms with Crippen molar-refractivity contribution in [1.82, 2.24) is 4.98 Å². The van der Waals surface area contributed by atoms with Crippen molar-refractivity contribution in [3.05, 3.63) is 46.4 Å². The van der Waals surface area contributed by atoms with Crippen LogP contribution in [0.4, 0.5) is 0 Å². The lowest BCUT2D eigenvalue weighted by Gasteiger charge is -2.19. The molecular formula is C14H17NOS. The highest BCUT2D eigenvalue weighted by Gasteiger charge is 2.12. The molecule has 90 valence electrons. The first-order valence-corrected chi connectivity index (χ1v) is 6.54. The molecule has 1 aromatic heterocycles. The van der Waals surface area contributed by atoms with Crippen LogP contribution >= 0.6 is 11.3 Å². The zero-order chi connectivity index (χ0) is 12.3. The van der Waals surface area contributed by atoms with Gasteiger partial charge in [-0.15, -0.1) is 11.3 Å². The van der Waals surface area contributed by atoms with Gasteiger partial charge in [-0.3, -0.25) is 4.98 Å². The molecule has 1 heterocycles. The van der Waals surface area contributed by atoms with Gasteiger partial charge in [0.2, 0.25) is 0 Å². The summed E-state index contributed by atoms with van der Waals surface area (Å²) in [5.74, 6) is 0.909. The van der Waals surface area contributed by atoms with E-state index in [1.165, 1.54) is 5.56 Å². The molecular weight excluding hydrogens is 230 g/mol. The van der Waals surface area contributed by atoms with Crippen LogP contribution in [-0.4, -0.2) is 4.98 Å². The van der Waals surface area contributed by atoms with Crippen molar-refractivity contribution in [2.75, 3.05) is 0 Å². The first-order valence-electron chi connectivity index (χ1n) is 5.66. The smallest absolute Gasteiger partial charge is 0.124 e. The molecule has 0 N–H and O–H groups in total. The first-order chi connectivity index (χ1) is 8.05. The Morgan fingerprint density at radius 1 is 1.18 bits per heavy atom. The summed E-state index contributed by atoms with van der Waals surface area (Å²) in [7, 11) is 0. The average Bonchev–Trinajstić information content (AvgIpc) is 2.78. The predicted molar refractivity (Wildman–Crippen MR) is 71.6 cm³/mol. The molecule has 2 rings (SSSR count). The van der Waals surface area contributed by atoms with Gasteiger partial charge in [0.15, 0.2) is 0 Å². The number of hydrogen-bond donors (Lipinski definition) is 0. The predicted octanol–water partition coefficient (Wildman–Crippen LogP) is 4.02. The largest absolute Gasteiger partial charge is 0.488 e. The Balaban J connectivity index is 1.99. The monoisotopic (exact) mass is 247 g/mol. The van der Waals surface area contributed by atoms with Crippen LogP contribution in [0.2, 0.25) is 0 Å². The molecule has 0 aliphatic carbocycles. The SMILES string of the molecule is CC(C)(C)c1ccc(OCc2cncs2)cc1. The maximum Gasteiger partial charge on any atom is 0.124 e. The van der Waals surface area contributed by atoms with E-state index in [-0.39, 0.29) is 5.41 Å². The van der Waals surface area contributed by atoms with Gasteiger partial charge < -0.3 is 4.74 Å². The summed E-state index contributed by atoms with van der Waals surface area (Å²) in [6.07, 6.45) is 1.84. The molecule has 1 aromatic carbocycles. The van der Waals surface area contributed by atoms with Gasteiger partial charge in [0.1, 0.15) is 12.4 Å². The second-order valence-electron chi connectivity index (χ2n) is 5.03. The number of thiazole rings is 1. The zero-order valence-corrected chi connectivity index (χ0v) is 11.3. The third kappa shape index (κ3) is 3.30. The van der Waals surface area contributed by atoms with Crippen LogP contribution in [-0.2, 0) is 12.0 Å². The van der Waals surface area contributed by atoms with Crippen LogP contribution in [0.25, 0.3) is 0 Å². The highest BCUT2D eigenvalue weighted by molar-refractivity contribution is 7.09. The minimum atomic E-state index is 0.191. The maximum atomic E-state index is 5.69. The molecule has 2 nitrogen and oxygen atoms in total. The van der Waals surface area contributed by atoms with E-state index < -0.39 is 0 Å². The van der Waals surface area contributed by atoms with E-state index in [9.17, 15) is 0 Å². The summed E-state index contributed by atoms with van der Waals surface area (Å²) < 4.78 is 5.69. The molecule has 0 radical (unpaired) electrons. The van der Waals surface area contributed by atoms with Gasteiger partial charge in [-0.1, -0.05) is 32.9 Å². The van der Waals surface area contributed by atoms with E-state index in [1.807, 2.05) is 23.8 Å². The van der Waals surface area contributed by atoms with Gasteiger partial charge in [0.25, 0.3) is 0 Å². The molecule has 0 aliphatic rings. The van der Waals surface area contributed by atoms with Crippen molar-refractivity contribution in [2.45, 2.75) is 32.8 Å². The van der Waals surface area contributed by atoms with Gasteiger partial charge in [-0.25, -0.2) is 0 Å². The summed E-state index contributed by atoms with van der Waals surface area (Å²) in [5, 5.41) is 0. The summed E-state index contributed by atoms with van der Waals surface area (Å²) in [4.78, 5) is 5.16. The molecule has 0 unspecified atom stereocenters. The minimum absolute atomic E-state index is 0.191. The van der Waals surface area contributed by atoms with E-state index in [1.54, 1.807) is 11.3 Å². The van der Waals surface area contributed by atoms with E-state index in [0.29, 0.717) is 6.61 Å². The van der Waals surface area contributed by atoms with Gasteiger partial charge >= 0.3 is 0 Å². The number of nitrogens with zero attached hydrogens (tertiary/aromatic N) is 1. The number of benzene rings is 1. The first kappa shape index (κ1) is 12.1. The summed E-state index contributed by atoms with van der Waals surface area (Å²) >= 11 is 1.61. The Bertz CT molecular complexity index is 454. The lowest BCUT2D eigenvalue weighted by atomic mass is 9.87. The Morgan fingerprint density at radius 3 is 2.41 bits per heavy atom. The molecule has 0 amide bonds. The van der Waals surface area contributed by atoms with Crippen molar-refractivity contribution in [3.8, 4) is 5.75 Å². The Kier molecular flexibility index (Phi) is 3.48. The lowest BCUT2D eigenvalue weighted by molar-refractivity contribution is 0.309. The summed E-state index contributed by atoms with van der Waals surface area (Å²) in [5.41, 5.74) is 3.33. The fourth-order valence-electron chi connectivity index (χ4n) is 1.52. The molecule has 0 spiro atoms. The van der Waals surface area contributed by atoms with Gasteiger partial charge in [-0.2, -0.15) is 0 Å². The summed E-state index contributed by atoms with van der Waals surface area (Å²) in [6.45, 7) is 7.22. The Morgan fingerprint density at radius 2 is 1.88 bits per heavy atom. The fourth-order valence-corrected chi connectivity index (χ4v) is 2.02. The van der Waals surface area contributed by atoms with E-state index in [4.69, 9.17) is 4.74 Å². The third-order valence-corrected chi connectivity index (χ3v) is 3.34. The van der Waals surface area contributed by atoms with Gasteiger partial charge in [0, 0.05) is 6.20 Å². The van der Waals surface area contributed by atoms with Crippen molar-refractivity contribution in [2.24, 2.45) is 0 Å². The van der Waals surface area contributed by atoms with Crippen LogP contribution in [0.1, 0.15) is 31.2 Å².